The van der Waals surface area contributed by atoms with Gasteiger partial charge in [-0.2, -0.15) is 0 Å². The Labute approximate surface area is 103 Å². The molecule has 0 heterocycles. The van der Waals surface area contributed by atoms with E-state index in [4.69, 9.17) is 5.73 Å². The number of anilines is 1. The van der Waals surface area contributed by atoms with Gasteiger partial charge in [0.05, 0.1) is 0 Å². The van der Waals surface area contributed by atoms with Gasteiger partial charge in [-0.3, -0.25) is 0 Å². The van der Waals surface area contributed by atoms with Crippen LogP contribution < -0.4 is 10.6 Å². The zero-order valence-corrected chi connectivity index (χ0v) is 10.6. The summed E-state index contributed by atoms with van der Waals surface area (Å²) >= 11 is 0. The van der Waals surface area contributed by atoms with E-state index in [1.165, 1.54) is 25.3 Å². The Morgan fingerprint density at radius 1 is 1.47 bits per heavy atom. The Morgan fingerprint density at radius 2 is 2.18 bits per heavy atom. The first kappa shape index (κ1) is 12.4. The standard InChI is InChI=1S/C14H21FN2/c1-10(16)13-8-12(15)6-7-14(13)17(2)9-11-4-3-5-11/h6-8,10-11H,3-5,9,16H2,1-2H3/t10-/m1/s1. The van der Waals surface area contributed by atoms with Crippen LogP contribution in [0.25, 0.3) is 0 Å². The minimum atomic E-state index is -0.210. The molecule has 0 radical (unpaired) electrons. The van der Waals surface area contributed by atoms with E-state index in [1.807, 2.05) is 13.0 Å². The van der Waals surface area contributed by atoms with Crippen molar-refractivity contribution in [2.45, 2.75) is 32.2 Å². The third-order valence-electron chi connectivity index (χ3n) is 3.65. The molecular weight excluding hydrogens is 215 g/mol. The fourth-order valence-corrected chi connectivity index (χ4v) is 2.40. The van der Waals surface area contributed by atoms with Crippen molar-refractivity contribution in [3.8, 4) is 0 Å². The molecule has 0 saturated heterocycles. The van der Waals surface area contributed by atoms with E-state index in [2.05, 4.69) is 11.9 Å². The topological polar surface area (TPSA) is 29.3 Å². The zero-order valence-electron chi connectivity index (χ0n) is 10.6. The summed E-state index contributed by atoms with van der Waals surface area (Å²) < 4.78 is 13.2. The van der Waals surface area contributed by atoms with Gasteiger partial charge in [0.15, 0.2) is 0 Å². The van der Waals surface area contributed by atoms with Gasteiger partial charge in [0.2, 0.25) is 0 Å². The van der Waals surface area contributed by atoms with E-state index in [0.29, 0.717) is 0 Å². The predicted octanol–water partition coefficient (Wildman–Crippen LogP) is 3.08. The molecule has 0 amide bonds. The van der Waals surface area contributed by atoms with Crippen LogP contribution in [0.1, 0.15) is 37.8 Å². The molecule has 17 heavy (non-hydrogen) atoms. The van der Waals surface area contributed by atoms with Crippen molar-refractivity contribution < 1.29 is 4.39 Å². The van der Waals surface area contributed by atoms with Crippen molar-refractivity contribution in [2.24, 2.45) is 11.7 Å². The molecule has 0 spiro atoms. The minimum absolute atomic E-state index is 0.135. The molecule has 2 nitrogen and oxygen atoms in total. The average Bonchev–Trinajstić information content (AvgIpc) is 2.23. The highest BCUT2D eigenvalue weighted by atomic mass is 19.1. The Balaban J connectivity index is 2.17. The molecule has 3 heteroatoms. The van der Waals surface area contributed by atoms with E-state index < -0.39 is 0 Å². The van der Waals surface area contributed by atoms with E-state index >= 15 is 0 Å². The van der Waals surface area contributed by atoms with Crippen LogP contribution in [0.4, 0.5) is 10.1 Å². The SMILES string of the molecule is C[C@@H](N)c1cc(F)ccc1N(C)CC1CCC1. The number of nitrogens with zero attached hydrogens (tertiary/aromatic N) is 1. The van der Waals surface area contributed by atoms with Crippen molar-refractivity contribution in [3.05, 3.63) is 29.6 Å². The highest BCUT2D eigenvalue weighted by Gasteiger charge is 2.20. The molecule has 1 saturated carbocycles. The summed E-state index contributed by atoms with van der Waals surface area (Å²) in [6, 6.07) is 4.77. The summed E-state index contributed by atoms with van der Waals surface area (Å²) in [4.78, 5) is 2.21. The Morgan fingerprint density at radius 3 is 2.71 bits per heavy atom. The molecule has 0 aliphatic heterocycles. The van der Waals surface area contributed by atoms with Gasteiger partial charge in [-0.15, -0.1) is 0 Å². The predicted molar refractivity (Wildman–Crippen MR) is 69.6 cm³/mol. The zero-order chi connectivity index (χ0) is 12.4. The van der Waals surface area contributed by atoms with Crippen molar-refractivity contribution in [3.63, 3.8) is 0 Å². The fourth-order valence-electron chi connectivity index (χ4n) is 2.40. The molecule has 0 unspecified atom stereocenters. The third kappa shape index (κ3) is 2.78. The van der Waals surface area contributed by atoms with Gasteiger partial charge in [0.1, 0.15) is 5.82 Å². The monoisotopic (exact) mass is 236 g/mol. The van der Waals surface area contributed by atoms with E-state index in [1.54, 1.807) is 6.07 Å². The summed E-state index contributed by atoms with van der Waals surface area (Å²) in [5.74, 6) is 0.587. The Bertz CT molecular complexity index is 386. The second-order valence-corrected chi connectivity index (χ2v) is 5.17. The molecule has 1 aliphatic carbocycles. The van der Waals surface area contributed by atoms with E-state index in [0.717, 1.165) is 23.7 Å². The second kappa shape index (κ2) is 5.05. The molecule has 2 rings (SSSR count). The molecule has 2 N–H and O–H groups in total. The van der Waals surface area contributed by atoms with Gasteiger partial charge >= 0.3 is 0 Å². The number of halogens is 1. The first-order valence-corrected chi connectivity index (χ1v) is 6.34. The molecule has 1 atom stereocenters. The van der Waals surface area contributed by atoms with Crippen LogP contribution >= 0.6 is 0 Å². The Kier molecular flexibility index (Phi) is 3.67. The Hall–Kier alpha value is -1.09. The highest BCUT2D eigenvalue weighted by molar-refractivity contribution is 5.54. The molecule has 94 valence electrons. The second-order valence-electron chi connectivity index (χ2n) is 5.17. The molecule has 1 aromatic carbocycles. The number of hydrogen-bond donors (Lipinski definition) is 1. The van der Waals surface area contributed by atoms with Crippen molar-refractivity contribution in [2.75, 3.05) is 18.5 Å². The number of nitrogens with two attached hydrogens (primary N) is 1. The minimum Gasteiger partial charge on any atom is -0.374 e. The largest absolute Gasteiger partial charge is 0.374 e. The normalized spacial score (nSPS) is 17.6. The van der Waals surface area contributed by atoms with Crippen molar-refractivity contribution in [1.82, 2.24) is 0 Å². The van der Waals surface area contributed by atoms with Gasteiger partial charge in [-0.1, -0.05) is 6.42 Å². The molecule has 1 aromatic rings. The quantitative estimate of drug-likeness (QED) is 0.870. The lowest BCUT2D eigenvalue weighted by Gasteiger charge is -2.32. The molecule has 1 fully saturated rings. The van der Waals surface area contributed by atoms with Crippen molar-refractivity contribution >= 4 is 5.69 Å². The van der Waals surface area contributed by atoms with E-state index in [-0.39, 0.29) is 11.9 Å². The van der Waals surface area contributed by atoms with Crippen LogP contribution in [0.3, 0.4) is 0 Å². The lowest BCUT2D eigenvalue weighted by molar-refractivity contribution is 0.321. The summed E-state index contributed by atoms with van der Waals surface area (Å²) in [7, 11) is 2.07. The first-order chi connectivity index (χ1) is 8.08. The maximum Gasteiger partial charge on any atom is 0.123 e. The highest BCUT2D eigenvalue weighted by Crippen LogP contribution is 2.31. The van der Waals surface area contributed by atoms with Crippen LogP contribution in [-0.2, 0) is 0 Å². The van der Waals surface area contributed by atoms with E-state index in [9.17, 15) is 4.39 Å². The number of hydrogen-bond acceptors (Lipinski definition) is 2. The van der Waals surface area contributed by atoms with Gasteiger partial charge in [-0.05, 0) is 49.4 Å². The summed E-state index contributed by atoms with van der Waals surface area (Å²) in [5.41, 5.74) is 7.86. The summed E-state index contributed by atoms with van der Waals surface area (Å²) in [6.07, 6.45) is 3.99. The number of benzene rings is 1. The molecular formula is C14H21FN2. The van der Waals surface area contributed by atoms with Gasteiger partial charge < -0.3 is 10.6 Å². The van der Waals surface area contributed by atoms with Gasteiger partial charge in [0.25, 0.3) is 0 Å². The van der Waals surface area contributed by atoms with Crippen LogP contribution in [-0.4, -0.2) is 13.6 Å². The average molecular weight is 236 g/mol. The molecule has 0 bridgehead atoms. The maximum absolute atomic E-state index is 13.2. The smallest absolute Gasteiger partial charge is 0.123 e. The first-order valence-electron chi connectivity index (χ1n) is 6.34. The third-order valence-corrected chi connectivity index (χ3v) is 3.65. The lowest BCUT2D eigenvalue weighted by Crippen LogP contribution is -2.30. The lowest BCUT2D eigenvalue weighted by atomic mass is 9.85. The van der Waals surface area contributed by atoms with Crippen LogP contribution in [0, 0.1) is 11.7 Å². The maximum atomic E-state index is 13.2. The van der Waals surface area contributed by atoms with Crippen LogP contribution in [0.5, 0.6) is 0 Å². The summed E-state index contributed by atoms with van der Waals surface area (Å²) in [6.45, 7) is 2.95. The van der Waals surface area contributed by atoms with Gasteiger partial charge in [-0.25, -0.2) is 4.39 Å². The van der Waals surface area contributed by atoms with Gasteiger partial charge in [0, 0.05) is 25.3 Å². The van der Waals surface area contributed by atoms with Crippen LogP contribution in [0.15, 0.2) is 18.2 Å². The number of rotatable bonds is 4. The fraction of sp³-hybridized carbons (Fsp3) is 0.571. The molecule has 1 aliphatic rings. The summed E-state index contributed by atoms with van der Waals surface area (Å²) in [5, 5.41) is 0. The van der Waals surface area contributed by atoms with Crippen molar-refractivity contribution in [1.29, 1.82) is 0 Å². The van der Waals surface area contributed by atoms with Crippen LogP contribution in [0.2, 0.25) is 0 Å². The molecule has 0 aromatic heterocycles.